The molecule has 3 saturated heterocycles. The largest absolute Gasteiger partial charge is 0.611 e. The minimum Gasteiger partial charge on any atom is -0.611 e. The number of Topliss-reactive ketones (excluding diaryl/α,β-unsaturated/α-hetero) is 1. The number of amides is 1. The number of nitrogens with zero attached hydrogens (tertiary/aromatic N) is 2. The number of ether oxygens (including phenoxy) is 7. The molecular weight excluding hydrogens is 795 g/mol. The van der Waals surface area contributed by atoms with E-state index in [1.165, 1.54) is 0 Å². The number of esters is 1. The van der Waals surface area contributed by atoms with Gasteiger partial charge in [0.25, 0.3) is 0 Å². The molecule has 0 aliphatic carbocycles. The summed E-state index contributed by atoms with van der Waals surface area (Å²) in [5, 5.41) is 4.23. The zero-order chi connectivity index (χ0) is 35.4. The van der Waals surface area contributed by atoms with Crippen molar-refractivity contribution in [2.24, 2.45) is 23.7 Å². The average Bonchev–Trinajstić information content (AvgIpc) is 3.33. The molecule has 1 amide bonds. The topological polar surface area (TPSA) is 133 Å². The fourth-order valence-corrected chi connectivity index (χ4v) is 8.10. The van der Waals surface area contributed by atoms with Gasteiger partial charge in [-0.3, -0.25) is 14.4 Å². The number of hydrogen-bond acceptors (Lipinski definition) is 11. The molecule has 3 heterocycles. The molecule has 0 aromatic heterocycles. The zero-order valence-corrected chi connectivity index (χ0v) is 33.6. The number of fused-ring (bicyclic) bond motifs is 1. The summed E-state index contributed by atoms with van der Waals surface area (Å²) < 4.78 is 43.8. The quantitative estimate of drug-likeness (QED) is 0.232. The van der Waals surface area contributed by atoms with Crippen molar-refractivity contribution in [2.45, 2.75) is 135 Å². The molecule has 14 atom stereocenters. The van der Waals surface area contributed by atoms with Gasteiger partial charge in [-0.2, -0.15) is 0 Å². The van der Waals surface area contributed by atoms with E-state index < -0.39 is 83.7 Å². The molecule has 12 nitrogen and oxygen atoms in total. The second-order valence-corrected chi connectivity index (χ2v) is 14.4. The maximum Gasteiger partial charge on any atom is 0.311 e. The third-order valence-electron chi connectivity index (χ3n) is 10.6. The number of rotatable bonds is 9. The predicted octanol–water partition coefficient (Wildman–Crippen LogP) is 4.92. The molecule has 3 aliphatic rings. The van der Waals surface area contributed by atoms with E-state index in [1.54, 1.807) is 41.1 Å². The maximum absolute atomic E-state index is 14.2. The summed E-state index contributed by atoms with van der Waals surface area (Å²) in [5.74, 6) is -3.14. The van der Waals surface area contributed by atoms with E-state index in [9.17, 15) is 14.4 Å². The molecule has 0 N–H and O–H groups in total. The molecule has 0 aromatic carbocycles. The van der Waals surface area contributed by atoms with Gasteiger partial charge in [0.2, 0.25) is 6.09 Å². The van der Waals surface area contributed by atoms with Crippen LogP contribution < -0.4 is 0 Å². The monoisotopic (exact) mass is 854 g/mol. The first kappa shape index (κ1) is 42.7. The van der Waals surface area contributed by atoms with Gasteiger partial charge in [0, 0.05) is 58.4 Å². The Bertz CT molecular complexity index is 1110. The van der Waals surface area contributed by atoms with Gasteiger partial charge >= 0.3 is 5.97 Å². The van der Waals surface area contributed by atoms with Gasteiger partial charge in [-0.15, -0.1) is 6.58 Å². The van der Waals surface area contributed by atoms with Crippen LogP contribution in [0.3, 0.4) is 0 Å². The third-order valence-corrected chi connectivity index (χ3v) is 10.6. The van der Waals surface area contributed by atoms with Gasteiger partial charge in [-0.05, 0) is 61.1 Å². The van der Waals surface area contributed by atoms with Crippen molar-refractivity contribution in [1.29, 1.82) is 0 Å². The van der Waals surface area contributed by atoms with Crippen molar-refractivity contribution in [3.8, 4) is 0 Å². The Hall–Kier alpha value is -1.43. The van der Waals surface area contributed by atoms with Crippen LogP contribution in [0.25, 0.3) is 5.32 Å². The summed E-state index contributed by atoms with van der Waals surface area (Å²) in [6.45, 7) is 18.8. The van der Waals surface area contributed by atoms with Gasteiger partial charge in [0.05, 0.1) is 36.4 Å². The van der Waals surface area contributed by atoms with E-state index in [1.807, 2.05) is 48.7 Å². The number of methoxy groups -OCH3 is 2. The molecular formula is C35H59N2O10Re-. The molecule has 0 saturated carbocycles. The average molecular weight is 854 g/mol. The van der Waals surface area contributed by atoms with Crippen molar-refractivity contribution in [2.75, 3.05) is 34.9 Å². The Morgan fingerprint density at radius 1 is 1.02 bits per heavy atom. The van der Waals surface area contributed by atoms with Gasteiger partial charge in [-0.25, -0.2) is 0 Å². The van der Waals surface area contributed by atoms with Crippen LogP contribution in [0.2, 0.25) is 0 Å². The van der Waals surface area contributed by atoms with Gasteiger partial charge < -0.3 is 43.4 Å². The van der Waals surface area contributed by atoms with Crippen LogP contribution >= 0.6 is 0 Å². The number of ketones is 1. The van der Waals surface area contributed by atoms with Gasteiger partial charge in [0.15, 0.2) is 6.29 Å². The Balaban J connectivity index is 0.00000800. The van der Waals surface area contributed by atoms with Crippen LogP contribution in [0, 0.1) is 23.7 Å². The second kappa shape index (κ2) is 17.7. The number of hydrogen-bond donors (Lipinski definition) is 0. The Labute approximate surface area is 301 Å². The maximum atomic E-state index is 14.2. The minimum atomic E-state index is -1.32. The molecule has 0 bridgehead atoms. The summed E-state index contributed by atoms with van der Waals surface area (Å²) in [6.07, 6.45) is -1.41. The van der Waals surface area contributed by atoms with Crippen LogP contribution in [0.5, 0.6) is 0 Å². The third kappa shape index (κ3) is 8.89. The summed E-state index contributed by atoms with van der Waals surface area (Å²) >= 11 is 0. The number of cyclic esters (lactones) is 1. The zero-order valence-electron chi connectivity index (χ0n) is 30.9. The van der Waals surface area contributed by atoms with E-state index >= 15 is 0 Å². The number of carbonyl (C=O) groups is 3. The Morgan fingerprint density at radius 3 is 2.19 bits per heavy atom. The fraction of sp³-hybridized carbons (Fsp3) is 0.857. The van der Waals surface area contributed by atoms with Crippen LogP contribution in [0.15, 0.2) is 12.7 Å². The van der Waals surface area contributed by atoms with Crippen molar-refractivity contribution in [1.82, 2.24) is 4.90 Å². The first-order valence-electron chi connectivity index (χ1n) is 16.9. The molecule has 1 radical (unpaired) electrons. The first-order valence-corrected chi connectivity index (χ1v) is 16.9. The van der Waals surface area contributed by atoms with E-state index in [0.717, 1.165) is 6.42 Å². The number of carbonyl (C=O) groups excluding carboxylic acids is 3. The molecule has 0 spiro atoms. The Morgan fingerprint density at radius 2 is 1.65 bits per heavy atom. The predicted molar refractivity (Wildman–Crippen MR) is 176 cm³/mol. The number of likely N-dealkylation sites (N-methyl/N-ethyl adjacent to an activating group) is 1. The first-order chi connectivity index (χ1) is 22.0. The van der Waals surface area contributed by atoms with Crippen molar-refractivity contribution >= 4 is 17.8 Å². The standard InChI is InChI=1S/C35H60N2O10.Re/c1-14-16-43-34(8)18-19(3)26(38)21(5)29-35(9,47-33(40)36-29)25(15-2)45-31(39)23(7)27(41-12)22(6)30(34)46-32-28(42-13)24(37(10)11)17-20(4)44-32;/h14,19-25,27-30,32H,1,15-18H2,2-13H3,(H,36,40);/p-1/t19-,20-,21+,22+,23-,24+,25-,27+,28-,29?,30-,32+,34+,35-;/m1./s1. The summed E-state index contributed by atoms with van der Waals surface area (Å²) in [7, 11) is 7.19. The van der Waals surface area contributed by atoms with Crippen LogP contribution in [-0.4, -0.2) is 118 Å². The molecule has 3 rings (SSSR count). The van der Waals surface area contributed by atoms with E-state index in [2.05, 4.69) is 16.8 Å². The van der Waals surface area contributed by atoms with Crippen LogP contribution in [-0.2, 0) is 63.2 Å². The molecule has 3 fully saturated rings. The molecule has 13 heteroatoms. The van der Waals surface area contributed by atoms with Crippen molar-refractivity contribution < 1.29 is 68.0 Å². The van der Waals surface area contributed by atoms with E-state index in [-0.39, 0.29) is 51.4 Å². The molecule has 3 aliphatic heterocycles. The van der Waals surface area contributed by atoms with Crippen molar-refractivity contribution in [3.63, 3.8) is 0 Å². The van der Waals surface area contributed by atoms with Crippen molar-refractivity contribution in [3.05, 3.63) is 18.0 Å². The fourth-order valence-electron chi connectivity index (χ4n) is 8.10. The summed E-state index contributed by atoms with van der Waals surface area (Å²) in [5.41, 5.74) is -2.42. The summed E-state index contributed by atoms with van der Waals surface area (Å²) in [4.78, 5) is 42.8. The smallest absolute Gasteiger partial charge is 0.311 e. The van der Waals surface area contributed by atoms with Gasteiger partial charge in [-0.1, -0.05) is 39.8 Å². The second-order valence-electron chi connectivity index (χ2n) is 14.4. The van der Waals surface area contributed by atoms with E-state index in [4.69, 9.17) is 33.2 Å². The van der Waals surface area contributed by atoms with Crippen LogP contribution in [0.4, 0.5) is 4.79 Å². The molecule has 48 heavy (non-hydrogen) atoms. The van der Waals surface area contributed by atoms with Crippen LogP contribution in [0.1, 0.15) is 74.7 Å². The Kier molecular flexibility index (Phi) is 15.7. The van der Waals surface area contributed by atoms with E-state index in [0.29, 0.717) is 6.42 Å². The molecule has 277 valence electrons. The SMILES string of the molecule is C=CCO[C@@]1(C)C[C@@H](C)C(=O)[C@H](C)C2[N-]C(=O)O[C@]2(C)[C@@H](CC)OC(=O)[C@H](C)[C@@H](OC)[C@H](C)[C@H]1O[C@@H]1O[C@H](C)C[C@H](N(C)C)[C@H]1OC.[Re]. The normalized spacial score (nSPS) is 42.9. The minimum absolute atomic E-state index is 0. The van der Waals surface area contributed by atoms with Gasteiger partial charge in [0.1, 0.15) is 23.6 Å². The summed E-state index contributed by atoms with van der Waals surface area (Å²) in [6, 6.07) is -0.843. The molecule has 0 aromatic rings. The molecule has 1 unspecified atom stereocenters.